The Bertz CT molecular complexity index is 1090. The summed E-state index contributed by atoms with van der Waals surface area (Å²) < 4.78 is 5.28. The molecule has 30 heavy (non-hydrogen) atoms. The standard InChI is InChI=1S/C21H14ClN3O5/c22-17-7-3-16(4-8-17)21(27)30-19-11-1-14(2-12-19)13-23-24-20(26)15-5-9-18(10-6-15)25(28)29/h1-13H,(H,24,26)/b23-13+. The van der Waals surface area contributed by atoms with Crippen LogP contribution in [0.15, 0.2) is 77.9 Å². The summed E-state index contributed by atoms with van der Waals surface area (Å²) in [6, 6.07) is 18.0. The molecule has 0 bridgehead atoms. The van der Waals surface area contributed by atoms with Crippen molar-refractivity contribution < 1.29 is 19.2 Å². The highest BCUT2D eigenvalue weighted by molar-refractivity contribution is 6.30. The maximum Gasteiger partial charge on any atom is 0.343 e. The van der Waals surface area contributed by atoms with Gasteiger partial charge in [-0.25, -0.2) is 10.2 Å². The summed E-state index contributed by atoms with van der Waals surface area (Å²) in [5.74, 6) is -0.667. The van der Waals surface area contributed by atoms with E-state index in [9.17, 15) is 19.7 Å². The number of hydrazone groups is 1. The van der Waals surface area contributed by atoms with Gasteiger partial charge in [0.2, 0.25) is 0 Å². The predicted octanol–water partition coefficient (Wildman–Crippen LogP) is 4.23. The van der Waals surface area contributed by atoms with Gasteiger partial charge in [-0.15, -0.1) is 0 Å². The molecule has 0 heterocycles. The molecule has 0 aliphatic carbocycles. The molecule has 0 fully saturated rings. The number of non-ortho nitro benzene ring substituents is 1. The predicted molar refractivity (Wildman–Crippen MR) is 111 cm³/mol. The number of esters is 1. The number of hydrogen-bond donors (Lipinski definition) is 1. The van der Waals surface area contributed by atoms with Gasteiger partial charge in [0.1, 0.15) is 5.75 Å². The molecule has 8 nitrogen and oxygen atoms in total. The minimum Gasteiger partial charge on any atom is -0.423 e. The fraction of sp³-hybridized carbons (Fsp3) is 0. The molecule has 9 heteroatoms. The molecule has 3 aromatic rings. The first kappa shape index (κ1) is 20.7. The van der Waals surface area contributed by atoms with Crippen molar-refractivity contribution in [2.45, 2.75) is 0 Å². The molecule has 0 saturated heterocycles. The monoisotopic (exact) mass is 423 g/mol. The SMILES string of the molecule is O=C(N/N=C/c1ccc(OC(=O)c2ccc(Cl)cc2)cc1)c1ccc([N+](=O)[O-])cc1. The Kier molecular flexibility index (Phi) is 6.51. The lowest BCUT2D eigenvalue weighted by Crippen LogP contribution is -2.17. The number of hydrogen-bond acceptors (Lipinski definition) is 6. The first-order chi connectivity index (χ1) is 14.4. The first-order valence-corrected chi connectivity index (χ1v) is 8.96. The van der Waals surface area contributed by atoms with Crippen molar-refractivity contribution in [1.82, 2.24) is 5.43 Å². The second-order valence-corrected chi connectivity index (χ2v) is 6.40. The van der Waals surface area contributed by atoms with Crippen LogP contribution in [0.25, 0.3) is 0 Å². The molecule has 0 aromatic heterocycles. The van der Waals surface area contributed by atoms with Crippen LogP contribution < -0.4 is 10.2 Å². The molecule has 0 aliphatic rings. The molecule has 1 amide bonds. The number of carbonyl (C=O) groups is 2. The van der Waals surface area contributed by atoms with Crippen LogP contribution in [0.3, 0.4) is 0 Å². The van der Waals surface area contributed by atoms with Crippen LogP contribution in [-0.2, 0) is 0 Å². The average Bonchev–Trinajstić information content (AvgIpc) is 2.75. The molecule has 0 spiro atoms. The number of benzene rings is 3. The van der Waals surface area contributed by atoms with E-state index >= 15 is 0 Å². The summed E-state index contributed by atoms with van der Waals surface area (Å²) in [4.78, 5) is 34.1. The second-order valence-electron chi connectivity index (χ2n) is 5.97. The van der Waals surface area contributed by atoms with Crippen LogP contribution in [0.5, 0.6) is 5.75 Å². The molecule has 3 aromatic carbocycles. The van der Waals surface area contributed by atoms with Gasteiger partial charge in [0.05, 0.1) is 16.7 Å². The summed E-state index contributed by atoms with van der Waals surface area (Å²) in [5.41, 5.74) is 3.50. The van der Waals surface area contributed by atoms with E-state index in [1.807, 2.05) is 0 Å². The Morgan fingerprint density at radius 2 is 1.53 bits per heavy atom. The molecule has 3 rings (SSSR count). The number of nitro benzene ring substituents is 1. The molecule has 1 N–H and O–H groups in total. The minimum atomic E-state index is -0.545. The molecule has 0 aliphatic heterocycles. The van der Waals surface area contributed by atoms with Crippen LogP contribution >= 0.6 is 11.6 Å². The molecule has 150 valence electrons. The number of halogens is 1. The Balaban J connectivity index is 1.55. The summed E-state index contributed by atoms with van der Waals surface area (Å²) in [7, 11) is 0. The van der Waals surface area contributed by atoms with Crippen molar-refractivity contribution in [1.29, 1.82) is 0 Å². The van der Waals surface area contributed by atoms with Crippen LogP contribution in [0.1, 0.15) is 26.3 Å². The van der Waals surface area contributed by atoms with Crippen LogP contribution in [0, 0.1) is 10.1 Å². The van der Waals surface area contributed by atoms with E-state index in [0.29, 0.717) is 21.9 Å². The summed E-state index contributed by atoms with van der Waals surface area (Å²) >= 11 is 5.79. The zero-order valence-corrected chi connectivity index (χ0v) is 16.1. The van der Waals surface area contributed by atoms with Gasteiger partial charge in [0.15, 0.2) is 0 Å². The molecular weight excluding hydrogens is 410 g/mol. The van der Waals surface area contributed by atoms with Gasteiger partial charge in [-0.3, -0.25) is 14.9 Å². The molecular formula is C21H14ClN3O5. The van der Waals surface area contributed by atoms with E-state index in [1.165, 1.54) is 30.5 Å². The lowest BCUT2D eigenvalue weighted by molar-refractivity contribution is -0.384. The second kappa shape index (κ2) is 9.44. The third kappa shape index (κ3) is 5.49. The highest BCUT2D eigenvalue weighted by Crippen LogP contribution is 2.15. The van der Waals surface area contributed by atoms with Gasteiger partial charge in [0, 0.05) is 22.7 Å². The lowest BCUT2D eigenvalue weighted by atomic mass is 10.2. The lowest BCUT2D eigenvalue weighted by Gasteiger charge is -2.04. The van der Waals surface area contributed by atoms with Crippen molar-refractivity contribution >= 4 is 35.4 Å². The van der Waals surface area contributed by atoms with Gasteiger partial charge < -0.3 is 4.74 Å². The van der Waals surface area contributed by atoms with E-state index in [4.69, 9.17) is 16.3 Å². The number of nitrogens with zero attached hydrogens (tertiary/aromatic N) is 2. The number of amides is 1. The van der Waals surface area contributed by atoms with Crippen LogP contribution in [0.4, 0.5) is 5.69 Å². The summed E-state index contributed by atoms with van der Waals surface area (Å²) in [6.07, 6.45) is 1.41. The van der Waals surface area contributed by atoms with Crippen molar-refractivity contribution in [3.05, 3.63) is 105 Å². The molecule has 0 saturated carbocycles. The van der Waals surface area contributed by atoms with Gasteiger partial charge >= 0.3 is 5.97 Å². The maximum absolute atomic E-state index is 12.1. The van der Waals surface area contributed by atoms with E-state index < -0.39 is 16.8 Å². The summed E-state index contributed by atoms with van der Waals surface area (Å²) in [6.45, 7) is 0. The smallest absolute Gasteiger partial charge is 0.343 e. The number of carbonyl (C=O) groups excluding carboxylic acids is 2. The topological polar surface area (TPSA) is 111 Å². The Morgan fingerprint density at radius 1 is 0.933 bits per heavy atom. The van der Waals surface area contributed by atoms with Crippen molar-refractivity contribution in [2.24, 2.45) is 5.10 Å². The third-order valence-electron chi connectivity index (χ3n) is 3.89. The van der Waals surface area contributed by atoms with Crippen molar-refractivity contribution in [2.75, 3.05) is 0 Å². The fourth-order valence-corrected chi connectivity index (χ4v) is 2.46. The van der Waals surface area contributed by atoms with Gasteiger partial charge in [-0.2, -0.15) is 5.10 Å². The normalized spacial score (nSPS) is 10.6. The molecule has 0 unspecified atom stereocenters. The van der Waals surface area contributed by atoms with Gasteiger partial charge in [0.25, 0.3) is 11.6 Å². The number of rotatable bonds is 6. The van der Waals surface area contributed by atoms with Crippen LogP contribution in [-0.4, -0.2) is 23.0 Å². The molecule has 0 atom stereocenters. The quantitative estimate of drug-likeness (QED) is 0.210. The summed E-state index contributed by atoms with van der Waals surface area (Å²) in [5, 5.41) is 15.0. The minimum absolute atomic E-state index is 0.105. The van der Waals surface area contributed by atoms with Gasteiger partial charge in [-0.05, 0) is 66.2 Å². The maximum atomic E-state index is 12.1. The third-order valence-corrected chi connectivity index (χ3v) is 4.14. The number of nitrogens with one attached hydrogen (secondary N) is 1. The molecule has 0 radical (unpaired) electrons. The highest BCUT2D eigenvalue weighted by Gasteiger charge is 2.09. The van der Waals surface area contributed by atoms with E-state index in [0.717, 1.165) is 0 Å². The van der Waals surface area contributed by atoms with E-state index in [1.54, 1.807) is 48.5 Å². The number of ether oxygens (including phenoxy) is 1. The highest BCUT2D eigenvalue weighted by atomic mass is 35.5. The average molecular weight is 424 g/mol. The van der Waals surface area contributed by atoms with Gasteiger partial charge in [-0.1, -0.05) is 11.6 Å². The Labute approximate surface area is 175 Å². The van der Waals surface area contributed by atoms with Crippen molar-refractivity contribution in [3.8, 4) is 5.75 Å². The zero-order valence-electron chi connectivity index (χ0n) is 15.3. The largest absolute Gasteiger partial charge is 0.423 e. The van der Waals surface area contributed by atoms with E-state index in [2.05, 4.69) is 10.5 Å². The Hall–Kier alpha value is -4.04. The number of nitro groups is 1. The van der Waals surface area contributed by atoms with E-state index in [-0.39, 0.29) is 11.3 Å². The first-order valence-electron chi connectivity index (χ1n) is 8.58. The Morgan fingerprint density at radius 3 is 2.13 bits per heavy atom. The zero-order chi connectivity index (χ0) is 21.5. The van der Waals surface area contributed by atoms with Crippen LogP contribution in [0.2, 0.25) is 5.02 Å². The fourth-order valence-electron chi connectivity index (χ4n) is 2.34. The van der Waals surface area contributed by atoms with Crippen molar-refractivity contribution in [3.63, 3.8) is 0 Å².